The average Bonchev–Trinajstić information content (AvgIpc) is 3.17. The lowest BCUT2D eigenvalue weighted by Gasteiger charge is -2.14. The first kappa shape index (κ1) is 20.2. The van der Waals surface area contributed by atoms with Gasteiger partial charge in [0.25, 0.3) is 0 Å². The number of aryl methyl sites for hydroxylation is 2. The Morgan fingerprint density at radius 2 is 1.68 bits per heavy atom. The molecule has 0 spiro atoms. The average molecular weight is 413 g/mol. The Labute approximate surface area is 180 Å². The Balaban J connectivity index is 1.87. The molecule has 2 N–H and O–H groups in total. The first-order valence-electron chi connectivity index (χ1n) is 9.88. The standard InChI is InChI=1S/C25H23N3O3/c1-16-8-4-6-10-19(16)22-15-24(28(27-22)23-11-7-5-9-17(23)2)26-21-13-12-18(31-3)14-20(21)25(29)30/h4-15,26H,1-3H3,(H,29,30). The second-order valence-corrected chi connectivity index (χ2v) is 7.27. The molecule has 3 aromatic carbocycles. The van der Waals surface area contributed by atoms with Crippen LogP contribution in [0.2, 0.25) is 0 Å². The fraction of sp³-hybridized carbons (Fsp3) is 0.120. The van der Waals surface area contributed by atoms with Crippen LogP contribution in [0.4, 0.5) is 11.5 Å². The van der Waals surface area contributed by atoms with Crippen LogP contribution in [0.15, 0.2) is 72.8 Å². The Kier molecular flexibility index (Phi) is 5.45. The van der Waals surface area contributed by atoms with Crippen molar-refractivity contribution in [2.45, 2.75) is 13.8 Å². The summed E-state index contributed by atoms with van der Waals surface area (Å²) in [5.41, 5.74) is 5.47. The molecular weight excluding hydrogens is 390 g/mol. The Morgan fingerprint density at radius 3 is 2.35 bits per heavy atom. The molecule has 0 unspecified atom stereocenters. The quantitative estimate of drug-likeness (QED) is 0.430. The molecule has 4 rings (SSSR count). The fourth-order valence-electron chi connectivity index (χ4n) is 3.52. The van der Waals surface area contributed by atoms with Gasteiger partial charge >= 0.3 is 5.97 Å². The van der Waals surface area contributed by atoms with Gasteiger partial charge in [0.2, 0.25) is 0 Å². The number of benzene rings is 3. The lowest BCUT2D eigenvalue weighted by molar-refractivity contribution is 0.0697. The van der Waals surface area contributed by atoms with Crippen LogP contribution in [0.5, 0.6) is 5.75 Å². The third-order valence-electron chi connectivity index (χ3n) is 5.19. The number of rotatable bonds is 6. The van der Waals surface area contributed by atoms with Crippen LogP contribution >= 0.6 is 0 Å². The molecule has 0 aliphatic rings. The number of carbonyl (C=O) groups is 1. The van der Waals surface area contributed by atoms with E-state index < -0.39 is 5.97 Å². The third kappa shape index (κ3) is 4.00. The van der Waals surface area contributed by atoms with Crippen LogP contribution in [-0.2, 0) is 0 Å². The minimum absolute atomic E-state index is 0.120. The summed E-state index contributed by atoms with van der Waals surface area (Å²) in [4.78, 5) is 11.8. The summed E-state index contributed by atoms with van der Waals surface area (Å²) in [6.45, 7) is 4.06. The molecule has 0 bridgehead atoms. The van der Waals surface area contributed by atoms with E-state index in [2.05, 4.69) is 5.32 Å². The van der Waals surface area contributed by atoms with Gasteiger partial charge in [-0.25, -0.2) is 9.48 Å². The normalized spacial score (nSPS) is 10.7. The SMILES string of the molecule is COc1ccc(Nc2cc(-c3ccccc3C)nn2-c2ccccc2C)c(C(=O)O)c1. The number of hydrogen-bond acceptors (Lipinski definition) is 4. The van der Waals surface area contributed by atoms with Gasteiger partial charge in [0, 0.05) is 11.6 Å². The second kappa shape index (κ2) is 8.36. The second-order valence-electron chi connectivity index (χ2n) is 7.27. The van der Waals surface area contributed by atoms with E-state index in [4.69, 9.17) is 9.84 Å². The van der Waals surface area contributed by atoms with Crippen LogP contribution in [0.1, 0.15) is 21.5 Å². The van der Waals surface area contributed by atoms with Crippen molar-refractivity contribution >= 4 is 17.5 Å². The lowest BCUT2D eigenvalue weighted by Crippen LogP contribution is -2.07. The molecule has 1 heterocycles. The van der Waals surface area contributed by atoms with Crippen LogP contribution in [0.3, 0.4) is 0 Å². The van der Waals surface area contributed by atoms with E-state index >= 15 is 0 Å². The highest BCUT2D eigenvalue weighted by Gasteiger charge is 2.17. The predicted octanol–water partition coefficient (Wildman–Crippen LogP) is 5.61. The van der Waals surface area contributed by atoms with E-state index in [1.165, 1.54) is 13.2 Å². The monoisotopic (exact) mass is 413 g/mol. The zero-order valence-electron chi connectivity index (χ0n) is 17.6. The predicted molar refractivity (Wildman–Crippen MR) is 122 cm³/mol. The number of ether oxygens (including phenoxy) is 1. The molecule has 4 aromatic rings. The number of nitrogens with one attached hydrogen (secondary N) is 1. The van der Waals surface area contributed by atoms with E-state index in [0.29, 0.717) is 17.3 Å². The smallest absolute Gasteiger partial charge is 0.337 e. The lowest BCUT2D eigenvalue weighted by atomic mass is 10.1. The highest BCUT2D eigenvalue weighted by atomic mass is 16.5. The highest BCUT2D eigenvalue weighted by molar-refractivity contribution is 5.95. The number of nitrogens with zero attached hydrogens (tertiary/aromatic N) is 2. The summed E-state index contributed by atoms with van der Waals surface area (Å²) in [7, 11) is 1.51. The van der Waals surface area contributed by atoms with Crippen molar-refractivity contribution in [3.8, 4) is 22.7 Å². The molecule has 0 amide bonds. The summed E-state index contributed by atoms with van der Waals surface area (Å²) in [6, 6.07) is 22.8. The summed E-state index contributed by atoms with van der Waals surface area (Å²) < 4.78 is 7.00. The number of hydrogen-bond donors (Lipinski definition) is 2. The van der Waals surface area contributed by atoms with Crippen molar-refractivity contribution in [1.82, 2.24) is 9.78 Å². The van der Waals surface area contributed by atoms with E-state index in [9.17, 15) is 9.90 Å². The zero-order chi connectivity index (χ0) is 22.0. The summed E-state index contributed by atoms with van der Waals surface area (Å²) in [5, 5.41) is 17.8. The van der Waals surface area contributed by atoms with Gasteiger partial charge in [-0.2, -0.15) is 5.10 Å². The highest BCUT2D eigenvalue weighted by Crippen LogP contribution is 2.31. The number of aromatic nitrogens is 2. The largest absolute Gasteiger partial charge is 0.497 e. The molecular formula is C25H23N3O3. The molecule has 0 fully saturated rings. The molecule has 0 aliphatic carbocycles. The number of para-hydroxylation sites is 1. The van der Waals surface area contributed by atoms with Gasteiger partial charge < -0.3 is 15.2 Å². The molecule has 31 heavy (non-hydrogen) atoms. The molecule has 156 valence electrons. The first-order chi connectivity index (χ1) is 15.0. The molecule has 0 aliphatic heterocycles. The summed E-state index contributed by atoms with van der Waals surface area (Å²) in [6.07, 6.45) is 0. The van der Waals surface area contributed by atoms with E-state index in [1.807, 2.05) is 73.1 Å². The van der Waals surface area contributed by atoms with E-state index in [1.54, 1.807) is 12.1 Å². The third-order valence-corrected chi connectivity index (χ3v) is 5.19. The first-order valence-corrected chi connectivity index (χ1v) is 9.88. The number of aromatic carboxylic acids is 1. The molecule has 1 aromatic heterocycles. The number of anilines is 2. The van der Waals surface area contributed by atoms with Crippen LogP contribution in [0, 0.1) is 13.8 Å². The Hall–Kier alpha value is -4.06. The van der Waals surface area contributed by atoms with Gasteiger partial charge in [0.1, 0.15) is 11.6 Å². The molecule has 0 saturated carbocycles. The topological polar surface area (TPSA) is 76.4 Å². The maximum Gasteiger partial charge on any atom is 0.337 e. The van der Waals surface area contributed by atoms with Gasteiger partial charge in [-0.15, -0.1) is 0 Å². The maximum absolute atomic E-state index is 11.8. The number of carboxylic acid groups (broad SMARTS) is 1. The zero-order valence-corrected chi connectivity index (χ0v) is 17.6. The van der Waals surface area contributed by atoms with Gasteiger partial charge in [-0.1, -0.05) is 42.5 Å². The van der Waals surface area contributed by atoms with Crippen LogP contribution in [-0.4, -0.2) is 28.0 Å². The van der Waals surface area contributed by atoms with Crippen molar-refractivity contribution in [2.75, 3.05) is 12.4 Å². The summed E-state index contributed by atoms with van der Waals surface area (Å²) in [5.74, 6) is 0.110. The van der Waals surface area contributed by atoms with Gasteiger partial charge in [0.05, 0.1) is 29.7 Å². The van der Waals surface area contributed by atoms with Gasteiger partial charge in [-0.05, 0) is 49.2 Å². The van der Waals surface area contributed by atoms with Crippen molar-refractivity contribution < 1.29 is 14.6 Å². The van der Waals surface area contributed by atoms with Crippen molar-refractivity contribution in [1.29, 1.82) is 0 Å². The maximum atomic E-state index is 11.8. The van der Waals surface area contributed by atoms with Gasteiger partial charge in [-0.3, -0.25) is 0 Å². The molecule has 0 radical (unpaired) electrons. The summed E-state index contributed by atoms with van der Waals surface area (Å²) >= 11 is 0. The van der Waals surface area contributed by atoms with E-state index in [0.717, 1.165) is 28.1 Å². The molecule has 0 atom stereocenters. The minimum Gasteiger partial charge on any atom is -0.497 e. The number of methoxy groups -OCH3 is 1. The minimum atomic E-state index is -1.04. The van der Waals surface area contributed by atoms with E-state index in [-0.39, 0.29) is 5.56 Å². The molecule has 0 saturated heterocycles. The van der Waals surface area contributed by atoms with Crippen molar-refractivity contribution in [2.24, 2.45) is 0 Å². The van der Waals surface area contributed by atoms with Crippen LogP contribution in [0.25, 0.3) is 16.9 Å². The Morgan fingerprint density at radius 1 is 0.968 bits per heavy atom. The van der Waals surface area contributed by atoms with Crippen molar-refractivity contribution in [3.05, 3.63) is 89.5 Å². The molecule has 6 nitrogen and oxygen atoms in total. The van der Waals surface area contributed by atoms with Crippen LogP contribution < -0.4 is 10.1 Å². The fourth-order valence-corrected chi connectivity index (χ4v) is 3.52. The number of carboxylic acids is 1. The molecule has 6 heteroatoms. The van der Waals surface area contributed by atoms with Gasteiger partial charge in [0.15, 0.2) is 0 Å². The Bertz CT molecular complexity index is 1260. The van der Waals surface area contributed by atoms with Crippen molar-refractivity contribution in [3.63, 3.8) is 0 Å².